The van der Waals surface area contributed by atoms with Crippen LogP contribution < -0.4 is 18.3 Å². The second-order valence-electron chi connectivity index (χ2n) is 13.5. The van der Waals surface area contributed by atoms with Crippen LogP contribution in [0.3, 0.4) is 0 Å². The Morgan fingerprint density at radius 3 is 0.755 bits per heavy atom. The zero-order valence-electron chi connectivity index (χ0n) is 30.2. The summed E-state index contributed by atoms with van der Waals surface area (Å²) < 4.78 is 8.20. The van der Waals surface area contributed by atoms with Crippen LogP contribution in [-0.2, 0) is 47.7 Å². The summed E-state index contributed by atoms with van der Waals surface area (Å²) in [5.74, 6) is 0. The Labute approximate surface area is 320 Å². The first-order valence-corrected chi connectivity index (χ1v) is 17.4. The van der Waals surface area contributed by atoms with Gasteiger partial charge in [-0.3, -0.25) is 0 Å². The quantitative estimate of drug-likeness (QED) is 0.157. The monoisotopic (exact) mass is 742 g/mol. The minimum absolute atomic E-state index is 0. The number of aryl methyl sites for hydroxylation is 4. The first-order valence-electron chi connectivity index (χ1n) is 17.4. The summed E-state index contributed by atoms with van der Waals surface area (Å²) in [6, 6.07) is 25.8. The molecule has 0 aliphatic carbocycles. The molecule has 0 saturated carbocycles. The number of aromatic nitrogens is 8. The predicted molar refractivity (Wildman–Crippen MR) is 205 cm³/mol. The molecule has 2 aliphatic heterocycles. The molecule has 0 radical (unpaired) electrons. The van der Waals surface area contributed by atoms with Gasteiger partial charge < -0.3 is 9.97 Å². The zero-order valence-corrected chi connectivity index (χ0v) is 33.2. The molecule has 0 spiro atoms. The molecule has 9 rings (SSSR count). The van der Waals surface area contributed by atoms with Crippen LogP contribution in [0.1, 0.15) is 22.8 Å². The maximum Gasteiger partial charge on any atom is 0.169 e. The van der Waals surface area contributed by atoms with Gasteiger partial charge in [0, 0.05) is 112 Å². The summed E-state index contributed by atoms with van der Waals surface area (Å²) in [6.07, 6.45) is 25.2. The van der Waals surface area contributed by atoms with E-state index in [1.807, 2.05) is 46.5 Å². The Morgan fingerprint density at radius 1 is 0.340 bits per heavy atom. The van der Waals surface area contributed by atoms with Crippen molar-refractivity contribution in [3.63, 3.8) is 0 Å². The third-order valence-corrected chi connectivity index (χ3v) is 9.82. The van der Waals surface area contributed by atoms with E-state index in [4.69, 9.17) is 9.97 Å². The molecule has 53 heavy (non-hydrogen) atoms. The largest absolute Gasteiger partial charge is 0.354 e. The van der Waals surface area contributed by atoms with Crippen molar-refractivity contribution in [1.29, 1.82) is 0 Å². The van der Waals surface area contributed by atoms with Crippen LogP contribution in [0.25, 0.3) is 90.9 Å². The molecule has 0 atom stereocenters. The molecule has 2 N–H and O–H groups in total. The SMILES string of the molecule is C[n+]1ccc(-c2c3nc(c(-c4cc[n+](C)cc4)c4ccc([nH]4)c(-c4cc[n+](C)cc4)c4nc(c(-c5cc[n+](C)cc5)c5ccc2[nH]5)C=C4)C=C3)cc1.[Zn]. The van der Waals surface area contributed by atoms with Crippen LogP contribution in [0.2, 0.25) is 0 Å². The first kappa shape index (κ1) is 33.9. The van der Waals surface area contributed by atoms with Crippen molar-refractivity contribution >= 4 is 46.4 Å². The van der Waals surface area contributed by atoms with Gasteiger partial charge in [-0.1, -0.05) is 0 Å². The smallest absolute Gasteiger partial charge is 0.169 e. The standard InChI is InChI=1S/C44H37N8.Zn/c1-49-21-13-29(14-22-49)41-33-5-7-35(45-33)42(30-15-23-50(2)24-16-30)37-9-11-39(47-37)44(32-19-27-52(4)28-20-32)40-12-10-38(48-40)43(36-8-6-34(41)46-36)31-17-25-51(3)26-18-31;/h5-28H,1-4H3,(H,45,46,47,48);/q+3;/p+1. The molecule has 9 heteroatoms. The minimum Gasteiger partial charge on any atom is -0.354 e. The normalized spacial score (nSPS) is 11.8. The van der Waals surface area contributed by atoms with E-state index in [0.717, 1.165) is 89.4 Å². The molecule has 0 fully saturated rings. The fraction of sp³-hybridized carbons (Fsp3) is 0.0909. The van der Waals surface area contributed by atoms with Crippen molar-refractivity contribution < 1.29 is 37.7 Å². The average Bonchev–Trinajstić information content (AvgIpc) is 3.99. The third-order valence-electron chi connectivity index (χ3n) is 9.82. The summed E-state index contributed by atoms with van der Waals surface area (Å²) in [5.41, 5.74) is 15.9. The Balaban J connectivity index is 0.00000400. The molecule has 8 bridgehead atoms. The molecule has 0 aromatic carbocycles. The number of H-pyrrole nitrogens is 2. The van der Waals surface area contributed by atoms with E-state index in [9.17, 15) is 0 Å². The Kier molecular flexibility index (Phi) is 8.81. The number of nitrogens with zero attached hydrogens (tertiary/aromatic N) is 6. The summed E-state index contributed by atoms with van der Waals surface area (Å²) in [5, 5.41) is 0. The van der Waals surface area contributed by atoms with Gasteiger partial charge in [0.05, 0.1) is 22.8 Å². The number of nitrogens with one attached hydrogen (secondary N) is 2. The van der Waals surface area contributed by atoms with Crippen molar-refractivity contribution in [2.45, 2.75) is 0 Å². The predicted octanol–water partition coefficient (Wildman–Crippen LogP) is 6.62. The number of pyridine rings is 4. The molecular formula is C44H38N8Zn+4. The van der Waals surface area contributed by atoms with Crippen LogP contribution in [-0.4, -0.2) is 19.9 Å². The van der Waals surface area contributed by atoms with Gasteiger partial charge in [0.15, 0.2) is 49.6 Å². The van der Waals surface area contributed by atoms with Gasteiger partial charge in [0.1, 0.15) is 28.2 Å². The fourth-order valence-corrected chi connectivity index (χ4v) is 7.09. The summed E-state index contributed by atoms with van der Waals surface area (Å²) >= 11 is 0. The molecule has 0 saturated heterocycles. The Hall–Kier alpha value is -6.18. The summed E-state index contributed by atoms with van der Waals surface area (Å²) in [4.78, 5) is 18.4. The number of rotatable bonds is 4. The maximum absolute atomic E-state index is 5.39. The van der Waals surface area contributed by atoms with E-state index in [2.05, 4.69) is 157 Å². The van der Waals surface area contributed by atoms with E-state index in [-0.39, 0.29) is 19.5 Å². The van der Waals surface area contributed by atoms with E-state index < -0.39 is 0 Å². The van der Waals surface area contributed by atoms with Gasteiger partial charge in [-0.05, 0) is 70.8 Å². The average molecular weight is 744 g/mol. The van der Waals surface area contributed by atoms with Gasteiger partial charge in [0.2, 0.25) is 0 Å². The molecule has 0 amide bonds. The van der Waals surface area contributed by atoms with Crippen molar-refractivity contribution in [3.05, 3.63) is 145 Å². The second kappa shape index (κ2) is 13.8. The van der Waals surface area contributed by atoms with Gasteiger partial charge >= 0.3 is 0 Å². The second-order valence-corrected chi connectivity index (χ2v) is 13.5. The van der Waals surface area contributed by atoms with Gasteiger partial charge in [-0.15, -0.1) is 0 Å². The zero-order chi connectivity index (χ0) is 35.3. The van der Waals surface area contributed by atoms with Gasteiger partial charge in [-0.25, -0.2) is 28.2 Å². The Bertz CT molecular complexity index is 2370. The summed E-state index contributed by atoms with van der Waals surface area (Å²) in [6.45, 7) is 0. The van der Waals surface area contributed by atoms with Crippen LogP contribution in [0.5, 0.6) is 0 Å². The molecule has 9 heterocycles. The van der Waals surface area contributed by atoms with E-state index in [1.54, 1.807) is 0 Å². The van der Waals surface area contributed by atoms with E-state index in [1.165, 1.54) is 0 Å². The minimum atomic E-state index is 0. The topological polar surface area (TPSA) is 72.9 Å². The van der Waals surface area contributed by atoms with Crippen LogP contribution in [0.4, 0.5) is 0 Å². The van der Waals surface area contributed by atoms with E-state index >= 15 is 0 Å². The number of hydrogen-bond acceptors (Lipinski definition) is 2. The van der Waals surface area contributed by atoms with Crippen molar-refractivity contribution in [2.75, 3.05) is 0 Å². The fourth-order valence-electron chi connectivity index (χ4n) is 7.09. The third kappa shape index (κ3) is 6.34. The maximum atomic E-state index is 5.39. The van der Waals surface area contributed by atoms with Crippen molar-refractivity contribution in [2.24, 2.45) is 28.2 Å². The number of fused-ring (bicyclic) bond motifs is 8. The molecule has 252 valence electrons. The van der Waals surface area contributed by atoms with E-state index in [0.29, 0.717) is 0 Å². The number of aromatic amines is 2. The van der Waals surface area contributed by atoms with Gasteiger partial charge in [0.25, 0.3) is 0 Å². The molecular weight excluding hydrogens is 706 g/mol. The molecule has 7 aromatic rings. The van der Waals surface area contributed by atoms with Gasteiger partial charge in [-0.2, -0.15) is 0 Å². The first-order chi connectivity index (χ1) is 25.4. The molecule has 0 unspecified atom stereocenters. The Morgan fingerprint density at radius 2 is 0.547 bits per heavy atom. The molecule has 7 aromatic heterocycles. The number of hydrogen-bond donors (Lipinski definition) is 2. The summed E-state index contributed by atoms with van der Waals surface area (Å²) in [7, 11) is 8.14. The van der Waals surface area contributed by atoms with Crippen LogP contribution in [0, 0.1) is 0 Å². The molecule has 8 nitrogen and oxygen atoms in total. The van der Waals surface area contributed by atoms with Crippen LogP contribution >= 0.6 is 0 Å². The molecule has 2 aliphatic rings. The van der Waals surface area contributed by atoms with Crippen LogP contribution in [0.15, 0.2) is 122 Å². The van der Waals surface area contributed by atoms with Crippen molar-refractivity contribution in [1.82, 2.24) is 19.9 Å². The van der Waals surface area contributed by atoms with Crippen molar-refractivity contribution in [3.8, 4) is 44.5 Å².